The number of fused-ring (bicyclic) bond motifs is 1. The number of carbonyl (C=O) groups is 1. The Kier molecular flexibility index (Phi) is 2.99. The SMILES string of the molecule is CCCCN1C(=O)COc2cc(N)ccc21. The maximum atomic E-state index is 11.7. The van der Waals surface area contributed by atoms with Crippen molar-refractivity contribution in [3.63, 3.8) is 0 Å². The largest absolute Gasteiger partial charge is 0.481 e. The van der Waals surface area contributed by atoms with Gasteiger partial charge in [-0.15, -0.1) is 0 Å². The molecule has 16 heavy (non-hydrogen) atoms. The van der Waals surface area contributed by atoms with Crippen molar-refractivity contribution in [3.8, 4) is 5.75 Å². The molecule has 1 aliphatic heterocycles. The highest BCUT2D eigenvalue weighted by molar-refractivity contribution is 5.98. The highest BCUT2D eigenvalue weighted by Crippen LogP contribution is 2.33. The lowest BCUT2D eigenvalue weighted by Crippen LogP contribution is -2.39. The molecule has 4 heteroatoms. The first-order valence-electron chi connectivity index (χ1n) is 5.55. The summed E-state index contributed by atoms with van der Waals surface area (Å²) in [4.78, 5) is 13.5. The molecule has 0 fully saturated rings. The third-order valence-electron chi connectivity index (χ3n) is 2.66. The molecule has 0 saturated carbocycles. The van der Waals surface area contributed by atoms with E-state index in [1.807, 2.05) is 6.07 Å². The predicted octanol–water partition coefficient (Wildman–Crippen LogP) is 1.79. The number of anilines is 2. The van der Waals surface area contributed by atoms with E-state index in [4.69, 9.17) is 10.5 Å². The molecular formula is C12H16N2O2. The van der Waals surface area contributed by atoms with Gasteiger partial charge in [-0.05, 0) is 18.6 Å². The normalized spacial score (nSPS) is 14.6. The number of hydrogen-bond acceptors (Lipinski definition) is 3. The van der Waals surface area contributed by atoms with Crippen molar-refractivity contribution in [2.24, 2.45) is 0 Å². The summed E-state index contributed by atoms with van der Waals surface area (Å²) in [7, 11) is 0. The maximum absolute atomic E-state index is 11.7. The van der Waals surface area contributed by atoms with Crippen LogP contribution in [-0.4, -0.2) is 19.1 Å². The zero-order chi connectivity index (χ0) is 11.5. The summed E-state index contributed by atoms with van der Waals surface area (Å²) in [5.41, 5.74) is 7.17. The Bertz CT molecular complexity index is 404. The Morgan fingerprint density at radius 2 is 2.31 bits per heavy atom. The minimum atomic E-state index is 0.0192. The van der Waals surface area contributed by atoms with Gasteiger partial charge in [0.1, 0.15) is 5.75 Å². The van der Waals surface area contributed by atoms with Crippen molar-refractivity contribution in [3.05, 3.63) is 18.2 Å². The quantitative estimate of drug-likeness (QED) is 0.790. The van der Waals surface area contributed by atoms with Crippen LogP contribution in [0.2, 0.25) is 0 Å². The Morgan fingerprint density at radius 1 is 1.50 bits per heavy atom. The van der Waals surface area contributed by atoms with Crippen LogP contribution in [0.1, 0.15) is 19.8 Å². The van der Waals surface area contributed by atoms with E-state index in [1.165, 1.54) is 0 Å². The minimum Gasteiger partial charge on any atom is -0.481 e. The van der Waals surface area contributed by atoms with E-state index in [0.29, 0.717) is 11.4 Å². The summed E-state index contributed by atoms with van der Waals surface area (Å²) in [6.07, 6.45) is 2.06. The number of carbonyl (C=O) groups excluding carboxylic acids is 1. The molecule has 0 aromatic heterocycles. The van der Waals surface area contributed by atoms with E-state index >= 15 is 0 Å². The smallest absolute Gasteiger partial charge is 0.265 e. The summed E-state index contributed by atoms with van der Waals surface area (Å²) in [5.74, 6) is 0.724. The molecule has 0 atom stereocenters. The molecular weight excluding hydrogens is 204 g/mol. The van der Waals surface area contributed by atoms with Gasteiger partial charge in [0.05, 0.1) is 5.69 Å². The number of benzene rings is 1. The Balaban J connectivity index is 2.29. The number of nitrogen functional groups attached to an aromatic ring is 1. The molecule has 0 bridgehead atoms. The van der Waals surface area contributed by atoms with Crippen molar-refractivity contribution in [2.45, 2.75) is 19.8 Å². The van der Waals surface area contributed by atoms with Crippen LogP contribution in [0.4, 0.5) is 11.4 Å². The van der Waals surface area contributed by atoms with E-state index in [9.17, 15) is 4.79 Å². The van der Waals surface area contributed by atoms with E-state index in [-0.39, 0.29) is 12.5 Å². The Labute approximate surface area is 95.0 Å². The van der Waals surface area contributed by atoms with E-state index in [1.54, 1.807) is 17.0 Å². The lowest BCUT2D eigenvalue weighted by Gasteiger charge is -2.29. The van der Waals surface area contributed by atoms with Crippen molar-refractivity contribution in [1.29, 1.82) is 0 Å². The lowest BCUT2D eigenvalue weighted by molar-refractivity contribution is -0.121. The van der Waals surface area contributed by atoms with Crippen molar-refractivity contribution in [1.82, 2.24) is 0 Å². The van der Waals surface area contributed by atoms with E-state index in [0.717, 1.165) is 25.1 Å². The number of ether oxygens (including phenoxy) is 1. The molecule has 0 saturated heterocycles. The van der Waals surface area contributed by atoms with Gasteiger partial charge in [0.2, 0.25) is 0 Å². The monoisotopic (exact) mass is 220 g/mol. The molecule has 1 aromatic rings. The molecule has 4 nitrogen and oxygen atoms in total. The van der Waals surface area contributed by atoms with Crippen molar-refractivity contribution >= 4 is 17.3 Å². The minimum absolute atomic E-state index is 0.0192. The van der Waals surface area contributed by atoms with Crippen LogP contribution >= 0.6 is 0 Å². The van der Waals surface area contributed by atoms with Gasteiger partial charge in [-0.3, -0.25) is 4.79 Å². The second-order valence-electron chi connectivity index (χ2n) is 3.91. The predicted molar refractivity (Wildman–Crippen MR) is 63.6 cm³/mol. The summed E-state index contributed by atoms with van der Waals surface area (Å²) in [5, 5.41) is 0. The van der Waals surface area contributed by atoms with Gasteiger partial charge in [0, 0.05) is 18.3 Å². The molecule has 1 aliphatic rings. The molecule has 2 N–H and O–H groups in total. The summed E-state index contributed by atoms with van der Waals surface area (Å²) < 4.78 is 5.36. The molecule has 0 unspecified atom stereocenters. The first-order valence-corrected chi connectivity index (χ1v) is 5.55. The number of hydrogen-bond donors (Lipinski definition) is 1. The van der Waals surface area contributed by atoms with Gasteiger partial charge in [-0.2, -0.15) is 0 Å². The Morgan fingerprint density at radius 3 is 3.06 bits per heavy atom. The van der Waals surface area contributed by atoms with Crippen LogP contribution in [0.5, 0.6) is 5.75 Å². The summed E-state index contributed by atoms with van der Waals surface area (Å²) >= 11 is 0. The third-order valence-corrected chi connectivity index (χ3v) is 2.66. The fourth-order valence-corrected chi connectivity index (χ4v) is 1.78. The second-order valence-corrected chi connectivity index (χ2v) is 3.91. The highest BCUT2D eigenvalue weighted by Gasteiger charge is 2.24. The number of rotatable bonds is 3. The van der Waals surface area contributed by atoms with Crippen LogP contribution < -0.4 is 15.4 Å². The fourth-order valence-electron chi connectivity index (χ4n) is 1.78. The number of nitrogens with two attached hydrogens (primary N) is 1. The molecule has 0 radical (unpaired) electrons. The van der Waals surface area contributed by atoms with Gasteiger partial charge in [0.25, 0.3) is 5.91 Å². The molecule has 1 aromatic carbocycles. The van der Waals surface area contributed by atoms with Crippen molar-refractivity contribution < 1.29 is 9.53 Å². The summed E-state index contributed by atoms with van der Waals surface area (Å²) in [6, 6.07) is 5.40. The zero-order valence-corrected chi connectivity index (χ0v) is 9.40. The third kappa shape index (κ3) is 1.96. The van der Waals surface area contributed by atoms with E-state index in [2.05, 4.69) is 6.92 Å². The number of unbranched alkanes of at least 4 members (excludes halogenated alkanes) is 1. The number of amides is 1. The number of nitrogens with zero attached hydrogens (tertiary/aromatic N) is 1. The van der Waals surface area contributed by atoms with Crippen LogP contribution in [0.25, 0.3) is 0 Å². The average Bonchev–Trinajstić information content (AvgIpc) is 2.28. The van der Waals surface area contributed by atoms with Gasteiger partial charge < -0.3 is 15.4 Å². The maximum Gasteiger partial charge on any atom is 0.265 e. The molecule has 86 valence electrons. The average molecular weight is 220 g/mol. The van der Waals surface area contributed by atoms with Crippen LogP contribution in [0.3, 0.4) is 0 Å². The first kappa shape index (κ1) is 10.8. The first-order chi connectivity index (χ1) is 7.72. The van der Waals surface area contributed by atoms with Gasteiger partial charge in [0.15, 0.2) is 6.61 Å². The van der Waals surface area contributed by atoms with Crippen LogP contribution in [-0.2, 0) is 4.79 Å². The van der Waals surface area contributed by atoms with Crippen LogP contribution in [0, 0.1) is 0 Å². The highest BCUT2D eigenvalue weighted by atomic mass is 16.5. The molecule has 0 aliphatic carbocycles. The summed E-state index contributed by atoms with van der Waals surface area (Å²) in [6.45, 7) is 2.96. The Hall–Kier alpha value is -1.71. The zero-order valence-electron chi connectivity index (χ0n) is 9.40. The topological polar surface area (TPSA) is 55.6 Å². The van der Waals surface area contributed by atoms with Crippen LogP contribution in [0.15, 0.2) is 18.2 Å². The lowest BCUT2D eigenvalue weighted by atomic mass is 10.2. The van der Waals surface area contributed by atoms with Gasteiger partial charge in [-0.25, -0.2) is 0 Å². The van der Waals surface area contributed by atoms with Gasteiger partial charge >= 0.3 is 0 Å². The molecule has 1 amide bonds. The molecule has 2 rings (SSSR count). The molecule has 0 spiro atoms. The van der Waals surface area contributed by atoms with Crippen molar-refractivity contribution in [2.75, 3.05) is 23.8 Å². The standard InChI is InChI=1S/C12H16N2O2/c1-2-3-6-14-10-5-4-9(13)7-11(10)16-8-12(14)15/h4-5,7H,2-3,6,8,13H2,1H3. The molecule has 1 heterocycles. The second kappa shape index (κ2) is 4.43. The van der Waals surface area contributed by atoms with Gasteiger partial charge in [-0.1, -0.05) is 13.3 Å². The fraction of sp³-hybridized carbons (Fsp3) is 0.417. The van der Waals surface area contributed by atoms with E-state index < -0.39 is 0 Å².